The molecule has 184 valence electrons. The van der Waals surface area contributed by atoms with E-state index < -0.39 is 6.04 Å². The number of para-hydroxylation sites is 2. The smallest absolute Gasteiger partial charge is 0.227 e. The highest BCUT2D eigenvalue weighted by molar-refractivity contribution is 6.06. The quantitative estimate of drug-likeness (QED) is 0.392. The Morgan fingerprint density at radius 1 is 1.00 bits per heavy atom. The molecule has 2 atom stereocenters. The summed E-state index contributed by atoms with van der Waals surface area (Å²) in [6.45, 7) is 4.21. The molecule has 0 bridgehead atoms. The lowest BCUT2D eigenvalue weighted by atomic mass is 9.78. The second-order valence-electron chi connectivity index (χ2n) is 9.88. The number of ketones is 1. The van der Waals surface area contributed by atoms with Gasteiger partial charge in [0.25, 0.3) is 0 Å². The third-order valence-corrected chi connectivity index (χ3v) is 7.30. The minimum Gasteiger partial charge on any atom is -0.357 e. The number of nitrogens with one attached hydrogen (secondary N) is 1. The van der Waals surface area contributed by atoms with Gasteiger partial charge in [0, 0.05) is 36.5 Å². The molecule has 2 aromatic carbocycles. The Labute approximate surface area is 213 Å². The molecule has 3 aromatic rings. The van der Waals surface area contributed by atoms with Crippen molar-refractivity contribution >= 4 is 23.1 Å². The fraction of sp³-hybridized carbons (Fsp3) is 0.323. The monoisotopic (exact) mass is 479 g/mol. The number of amides is 1. The average Bonchev–Trinajstić information content (AvgIpc) is 3.04. The molecule has 5 rings (SSSR count). The molecule has 1 aromatic heterocycles. The Kier molecular flexibility index (Phi) is 6.99. The Balaban J connectivity index is 1.64. The van der Waals surface area contributed by atoms with Crippen LogP contribution in [0.25, 0.3) is 0 Å². The number of pyridine rings is 1. The van der Waals surface area contributed by atoms with Crippen LogP contribution >= 0.6 is 0 Å². The van der Waals surface area contributed by atoms with Gasteiger partial charge in [0.2, 0.25) is 5.91 Å². The molecule has 0 saturated heterocycles. The number of hydrogen-bond acceptors (Lipinski definition) is 4. The molecule has 2 heterocycles. The highest BCUT2D eigenvalue weighted by Gasteiger charge is 2.41. The van der Waals surface area contributed by atoms with E-state index in [-0.39, 0.29) is 17.6 Å². The highest BCUT2D eigenvalue weighted by atomic mass is 16.2. The van der Waals surface area contributed by atoms with Crippen LogP contribution in [-0.4, -0.2) is 16.7 Å². The van der Waals surface area contributed by atoms with Crippen LogP contribution in [0.3, 0.4) is 0 Å². The molecule has 5 heteroatoms. The molecule has 36 heavy (non-hydrogen) atoms. The van der Waals surface area contributed by atoms with E-state index in [0.717, 1.165) is 41.9 Å². The molecule has 0 saturated carbocycles. The van der Waals surface area contributed by atoms with E-state index in [1.54, 1.807) is 12.4 Å². The minimum absolute atomic E-state index is 0.0359. The van der Waals surface area contributed by atoms with Crippen molar-refractivity contribution < 1.29 is 9.59 Å². The number of Topliss-reactive ketones (excluding diaryl/α,β-unsaturated/α-hetero) is 1. The van der Waals surface area contributed by atoms with Crippen LogP contribution in [0.4, 0.5) is 11.4 Å². The number of unbranched alkanes of at least 4 members (excludes halogenated alkanes) is 2. The molecule has 5 nitrogen and oxygen atoms in total. The molecule has 1 amide bonds. The van der Waals surface area contributed by atoms with Gasteiger partial charge in [0.15, 0.2) is 5.78 Å². The molecule has 1 aliphatic heterocycles. The number of rotatable bonds is 6. The fourth-order valence-corrected chi connectivity index (χ4v) is 5.44. The number of aryl methyl sites for hydroxylation is 1. The first-order valence-corrected chi connectivity index (χ1v) is 13.0. The standard InChI is InChI=1S/C31H33N3O2/c1-3-4-5-12-29(36)34-27-11-7-6-10-25(27)33-26-18-24(22-15-13-21(2)14-16-22)19-28(35)30(26)31(34)23-9-8-17-32-20-23/h6-11,13-17,20,24,31,33H,3-5,12,18-19H2,1-2H3/t24-,31+/m1/s1. The third-order valence-electron chi connectivity index (χ3n) is 7.30. The summed E-state index contributed by atoms with van der Waals surface area (Å²) in [7, 11) is 0. The zero-order valence-electron chi connectivity index (χ0n) is 21.0. The number of aromatic nitrogens is 1. The SMILES string of the molecule is CCCCCC(=O)N1c2ccccc2NC2=C(C(=O)C[C@H](c3ccc(C)cc3)C2)[C@@H]1c1cccnc1. The van der Waals surface area contributed by atoms with E-state index >= 15 is 0 Å². The van der Waals surface area contributed by atoms with E-state index in [1.165, 1.54) is 11.1 Å². The normalized spacial score (nSPS) is 19.3. The molecular formula is C31H33N3O2. The first-order chi connectivity index (χ1) is 17.6. The number of carbonyl (C=O) groups is 2. The van der Waals surface area contributed by atoms with Crippen LogP contribution in [0, 0.1) is 6.92 Å². The first-order valence-electron chi connectivity index (χ1n) is 13.0. The van der Waals surface area contributed by atoms with Crippen molar-refractivity contribution in [3.63, 3.8) is 0 Å². The summed E-state index contributed by atoms with van der Waals surface area (Å²) in [5.41, 5.74) is 6.49. The lowest BCUT2D eigenvalue weighted by molar-refractivity contribution is -0.119. The van der Waals surface area contributed by atoms with Crippen molar-refractivity contribution in [2.75, 3.05) is 10.2 Å². The number of hydrogen-bond donors (Lipinski definition) is 1. The van der Waals surface area contributed by atoms with Crippen LogP contribution in [0.1, 0.15) is 74.1 Å². The molecule has 0 fully saturated rings. The van der Waals surface area contributed by atoms with E-state index in [9.17, 15) is 9.59 Å². The summed E-state index contributed by atoms with van der Waals surface area (Å²) < 4.78 is 0. The van der Waals surface area contributed by atoms with Crippen LogP contribution < -0.4 is 10.2 Å². The Hall–Kier alpha value is -3.73. The molecule has 0 spiro atoms. The maximum Gasteiger partial charge on any atom is 0.227 e. The van der Waals surface area contributed by atoms with Gasteiger partial charge in [-0.15, -0.1) is 0 Å². The van der Waals surface area contributed by atoms with Crippen molar-refractivity contribution in [3.8, 4) is 0 Å². The van der Waals surface area contributed by atoms with Gasteiger partial charge in [0.1, 0.15) is 0 Å². The summed E-state index contributed by atoms with van der Waals surface area (Å²) >= 11 is 0. The van der Waals surface area contributed by atoms with E-state index in [0.29, 0.717) is 24.8 Å². The van der Waals surface area contributed by atoms with Gasteiger partial charge in [-0.2, -0.15) is 0 Å². The Morgan fingerprint density at radius 2 is 1.81 bits per heavy atom. The molecule has 1 aliphatic carbocycles. The molecule has 1 N–H and O–H groups in total. The number of nitrogens with zero attached hydrogens (tertiary/aromatic N) is 2. The van der Waals surface area contributed by atoms with Gasteiger partial charge in [0.05, 0.1) is 17.4 Å². The number of carbonyl (C=O) groups excluding carboxylic acids is 2. The van der Waals surface area contributed by atoms with Crippen molar-refractivity contribution in [1.29, 1.82) is 0 Å². The molecular weight excluding hydrogens is 446 g/mol. The fourth-order valence-electron chi connectivity index (χ4n) is 5.44. The predicted octanol–water partition coefficient (Wildman–Crippen LogP) is 6.87. The first kappa shape index (κ1) is 24.0. The second-order valence-corrected chi connectivity index (χ2v) is 9.88. The average molecular weight is 480 g/mol. The van der Waals surface area contributed by atoms with Crippen LogP contribution in [0.2, 0.25) is 0 Å². The largest absolute Gasteiger partial charge is 0.357 e. The van der Waals surface area contributed by atoms with Gasteiger partial charge in [-0.25, -0.2) is 0 Å². The lowest BCUT2D eigenvalue weighted by Crippen LogP contribution is -2.38. The van der Waals surface area contributed by atoms with Crippen molar-refractivity contribution in [1.82, 2.24) is 4.98 Å². The Morgan fingerprint density at radius 3 is 2.56 bits per heavy atom. The maximum absolute atomic E-state index is 13.9. The minimum atomic E-state index is -0.509. The summed E-state index contributed by atoms with van der Waals surface area (Å²) in [6.07, 6.45) is 7.98. The summed E-state index contributed by atoms with van der Waals surface area (Å²) in [5, 5.41) is 3.60. The van der Waals surface area contributed by atoms with E-state index in [1.807, 2.05) is 41.3 Å². The van der Waals surface area contributed by atoms with Crippen molar-refractivity contribution in [2.24, 2.45) is 0 Å². The van der Waals surface area contributed by atoms with Gasteiger partial charge in [-0.1, -0.05) is 67.8 Å². The third kappa shape index (κ3) is 4.70. The second kappa shape index (κ2) is 10.5. The summed E-state index contributed by atoms with van der Waals surface area (Å²) in [6, 6.07) is 19.7. The van der Waals surface area contributed by atoms with Gasteiger partial charge in [-0.05, 0) is 55.0 Å². The van der Waals surface area contributed by atoms with Crippen LogP contribution in [-0.2, 0) is 9.59 Å². The summed E-state index contributed by atoms with van der Waals surface area (Å²) in [4.78, 5) is 34.0. The summed E-state index contributed by atoms with van der Waals surface area (Å²) in [5.74, 6) is 0.217. The van der Waals surface area contributed by atoms with Crippen LogP contribution in [0.5, 0.6) is 0 Å². The molecule has 2 aliphatic rings. The van der Waals surface area contributed by atoms with Gasteiger partial charge >= 0.3 is 0 Å². The van der Waals surface area contributed by atoms with E-state index in [4.69, 9.17) is 0 Å². The molecule has 0 radical (unpaired) electrons. The zero-order chi connectivity index (χ0) is 25.1. The van der Waals surface area contributed by atoms with Gasteiger partial charge < -0.3 is 5.32 Å². The van der Waals surface area contributed by atoms with Crippen LogP contribution in [0.15, 0.2) is 84.3 Å². The van der Waals surface area contributed by atoms with E-state index in [2.05, 4.69) is 48.4 Å². The topological polar surface area (TPSA) is 62.3 Å². The zero-order valence-corrected chi connectivity index (χ0v) is 21.0. The molecule has 0 unspecified atom stereocenters. The number of allylic oxidation sites excluding steroid dienone is 1. The van der Waals surface area contributed by atoms with Crippen molar-refractivity contribution in [3.05, 3.63) is 101 Å². The number of benzene rings is 2. The predicted molar refractivity (Wildman–Crippen MR) is 144 cm³/mol. The number of anilines is 2. The van der Waals surface area contributed by atoms with Gasteiger partial charge in [-0.3, -0.25) is 19.5 Å². The Bertz CT molecular complexity index is 1280. The highest BCUT2D eigenvalue weighted by Crippen LogP contribution is 2.47. The lowest BCUT2D eigenvalue weighted by Gasteiger charge is -2.35. The number of fused-ring (bicyclic) bond motifs is 1. The maximum atomic E-state index is 13.9. The van der Waals surface area contributed by atoms with Crippen molar-refractivity contribution in [2.45, 2.75) is 64.3 Å².